The van der Waals surface area contributed by atoms with Crippen molar-refractivity contribution in [1.29, 1.82) is 0 Å². The normalized spacial score (nSPS) is 15.7. The molecule has 1 saturated heterocycles. The van der Waals surface area contributed by atoms with Crippen LogP contribution in [0, 0.1) is 11.8 Å². The number of ether oxygens (including phenoxy) is 1. The van der Waals surface area contributed by atoms with Crippen LogP contribution in [0.1, 0.15) is 50.6 Å². The number of carbonyl (C=O) groups is 1. The minimum absolute atomic E-state index is 0.0136. The Labute approximate surface area is 222 Å². The number of hydrogen-bond donors (Lipinski definition) is 1. The second kappa shape index (κ2) is 12.1. The summed E-state index contributed by atoms with van der Waals surface area (Å²) in [7, 11) is 1.65. The molecular weight excluding hydrogens is 499 g/mol. The Morgan fingerprint density at radius 3 is 2.53 bits per heavy atom. The Hall–Kier alpha value is -2.61. The van der Waals surface area contributed by atoms with Gasteiger partial charge in [-0.05, 0) is 74.2 Å². The van der Waals surface area contributed by atoms with Gasteiger partial charge in [0, 0.05) is 16.5 Å². The molecule has 0 saturated carbocycles. The van der Waals surface area contributed by atoms with Crippen LogP contribution in [0.2, 0.25) is 10.0 Å². The molecule has 1 unspecified atom stereocenters. The topological polar surface area (TPSA) is 80.5 Å². The molecule has 0 spiro atoms. The van der Waals surface area contributed by atoms with Crippen LogP contribution < -0.4 is 10.1 Å². The molecule has 1 aliphatic heterocycles. The number of carbonyl (C=O) groups excluding carboxylic acids is 1. The molecule has 1 fully saturated rings. The summed E-state index contributed by atoms with van der Waals surface area (Å²) in [5, 5.41) is 8.41. The van der Waals surface area contributed by atoms with Gasteiger partial charge in [0.05, 0.1) is 24.7 Å². The fourth-order valence-electron chi connectivity index (χ4n) is 4.52. The van der Waals surface area contributed by atoms with Crippen LogP contribution >= 0.6 is 23.2 Å². The number of piperidine rings is 1. The molecule has 7 nitrogen and oxygen atoms in total. The molecule has 2 heterocycles. The molecule has 0 bridgehead atoms. The summed E-state index contributed by atoms with van der Waals surface area (Å²) in [6.07, 6.45) is 2.45. The second-order valence-electron chi connectivity index (χ2n) is 9.65. The fourth-order valence-corrected chi connectivity index (χ4v) is 5.01. The molecule has 3 aromatic rings. The summed E-state index contributed by atoms with van der Waals surface area (Å²) in [6.45, 7) is 6.45. The zero-order chi connectivity index (χ0) is 25.7. The van der Waals surface area contributed by atoms with E-state index in [4.69, 9.17) is 32.5 Å². The van der Waals surface area contributed by atoms with Gasteiger partial charge < -0.3 is 14.6 Å². The van der Waals surface area contributed by atoms with E-state index in [0.29, 0.717) is 39.8 Å². The van der Waals surface area contributed by atoms with Crippen molar-refractivity contribution in [3.63, 3.8) is 0 Å². The average Bonchev–Trinajstić information content (AvgIpc) is 3.32. The number of likely N-dealkylation sites (tertiary alicyclic amines) is 1. The molecule has 1 amide bonds. The van der Waals surface area contributed by atoms with Crippen molar-refractivity contribution in [2.75, 3.05) is 20.2 Å². The van der Waals surface area contributed by atoms with Crippen LogP contribution in [-0.2, 0) is 11.3 Å². The highest BCUT2D eigenvalue weighted by Crippen LogP contribution is 2.29. The van der Waals surface area contributed by atoms with Crippen molar-refractivity contribution in [2.45, 2.75) is 45.7 Å². The summed E-state index contributed by atoms with van der Waals surface area (Å²) in [6, 6.07) is 13.1. The van der Waals surface area contributed by atoms with Crippen LogP contribution in [0.5, 0.6) is 5.75 Å². The van der Waals surface area contributed by atoms with E-state index in [1.165, 1.54) is 0 Å². The van der Waals surface area contributed by atoms with E-state index >= 15 is 0 Å². The van der Waals surface area contributed by atoms with Crippen LogP contribution in [0.3, 0.4) is 0 Å². The number of nitrogens with one attached hydrogen (secondary N) is 1. The van der Waals surface area contributed by atoms with Crippen molar-refractivity contribution in [1.82, 2.24) is 20.4 Å². The average molecular weight is 531 g/mol. The van der Waals surface area contributed by atoms with Gasteiger partial charge in [-0.3, -0.25) is 9.69 Å². The lowest BCUT2D eigenvalue weighted by Crippen LogP contribution is -2.41. The van der Waals surface area contributed by atoms with Crippen LogP contribution in [0.15, 0.2) is 47.0 Å². The lowest BCUT2D eigenvalue weighted by atomic mass is 9.93. The van der Waals surface area contributed by atoms with Gasteiger partial charge in [0.15, 0.2) is 0 Å². The van der Waals surface area contributed by atoms with Crippen molar-refractivity contribution in [3.8, 4) is 17.1 Å². The molecular formula is C27H32Cl2N4O3. The second-order valence-corrected chi connectivity index (χ2v) is 10.5. The van der Waals surface area contributed by atoms with Gasteiger partial charge >= 0.3 is 0 Å². The number of nitrogens with zero attached hydrogens (tertiary/aromatic N) is 3. The van der Waals surface area contributed by atoms with E-state index in [0.717, 1.165) is 43.7 Å². The Kier molecular flexibility index (Phi) is 8.88. The smallest absolute Gasteiger partial charge is 0.241 e. The van der Waals surface area contributed by atoms with Gasteiger partial charge in [-0.15, -0.1) is 0 Å². The van der Waals surface area contributed by atoms with Gasteiger partial charge in [0.25, 0.3) is 0 Å². The number of hydrogen-bond acceptors (Lipinski definition) is 6. The molecule has 1 N–H and O–H groups in total. The van der Waals surface area contributed by atoms with Crippen molar-refractivity contribution in [2.24, 2.45) is 11.8 Å². The highest BCUT2D eigenvalue weighted by Gasteiger charge is 2.28. The monoisotopic (exact) mass is 530 g/mol. The molecule has 0 aliphatic carbocycles. The standard InChI is InChI=1S/C27H32Cl2N4O3/c1-17(2)14-24(18-4-7-21(35-3)8-5-18)30-27(34)19-10-12-33(13-11-19)16-25-31-26(32-36-25)22-9-6-20(28)15-23(22)29/h4-9,15,17,19,24H,10-14,16H2,1-3H3,(H,30,34). The summed E-state index contributed by atoms with van der Waals surface area (Å²) >= 11 is 12.2. The van der Waals surface area contributed by atoms with Crippen LogP contribution in [0.25, 0.3) is 11.4 Å². The number of aromatic nitrogens is 2. The van der Waals surface area contributed by atoms with E-state index in [1.807, 2.05) is 24.3 Å². The highest BCUT2D eigenvalue weighted by atomic mass is 35.5. The summed E-state index contributed by atoms with van der Waals surface area (Å²) in [5.74, 6) is 2.34. The Morgan fingerprint density at radius 1 is 1.17 bits per heavy atom. The van der Waals surface area contributed by atoms with E-state index in [2.05, 4.69) is 34.2 Å². The van der Waals surface area contributed by atoms with Crippen molar-refractivity contribution < 1.29 is 14.1 Å². The minimum atomic E-state index is -0.0158. The van der Waals surface area contributed by atoms with E-state index in [9.17, 15) is 4.79 Å². The van der Waals surface area contributed by atoms with Crippen LogP contribution in [0.4, 0.5) is 0 Å². The summed E-state index contributed by atoms with van der Waals surface area (Å²) < 4.78 is 10.7. The lowest BCUT2D eigenvalue weighted by molar-refractivity contribution is -0.127. The van der Waals surface area contributed by atoms with Gasteiger partial charge in [0.1, 0.15) is 5.75 Å². The molecule has 1 aliphatic rings. The predicted octanol–water partition coefficient (Wildman–Crippen LogP) is 6.17. The Bertz CT molecular complexity index is 1160. The minimum Gasteiger partial charge on any atom is -0.497 e. The van der Waals surface area contributed by atoms with Crippen LogP contribution in [-0.4, -0.2) is 41.1 Å². The van der Waals surface area contributed by atoms with Gasteiger partial charge in [-0.1, -0.05) is 54.3 Å². The van der Waals surface area contributed by atoms with Gasteiger partial charge in [-0.2, -0.15) is 4.98 Å². The molecule has 4 rings (SSSR count). The third kappa shape index (κ3) is 6.78. The van der Waals surface area contributed by atoms with E-state index in [1.54, 1.807) is 25.3 Å². The first-order chi connectivity index (χ1) is 17.3. The van der Waals surface area contributed by atoms with Gasteiger partial charge in [0.2, 0.25) is 17.6 Å². The molecule has 0 radical (unpaired) electrons. The Balaban J connectivity index is 1.31. The third-order valence-electron chi connectivity index (χ3n) is 6.50. The molecule has 192 valence electrons. The van der Waals surface area contributed by atoms with Crippen molar-refractivity contribution >= 4 is 29.1 Å². The van der Waals surface area contributed by atoms with Crippen molar-refractivity contribution in [3.05, 3.63) is 64.0 Å². The number of methoxy groups -OCH3 is 1. The molecule has 1 aromatic heterocycles. The molecule has 9 heteroatoms. The maximum Gasteiger partial charge on any atom is 0.241 e. The third-order valence-corrected chi connectivity index (χ3v) is 7.05. The number of amides is 1. The number of rotatable bonds is 9. The van der Waals surface area contributed by atoms with E-state index < -0.39 is 0 Å². The lowest BCUT2D eigenvalue weighted by Gasteiger charge is -2.31. The number of halogens is 2. The van der Waals surface area contributed by atoms with Gasteiger partial charge in [-0.25, -0.2) is 0 Å². The number of benzene rings is 2. The zero-order valence-electron chi connectivity index (χ0n) is 20.8. The fraction of sp³-hybridized carbons (Fsp3) is 0.444. The first-order valence-corrected chi connectivity index (χ1v) is 13.0. The molecule has 36 heavy (non-hydrogen) atoms. The molecule has 1 atom stereocenters. The Morgan fingerprint density at radius 2 is 1.89 bits per heavy atom. The summed E-state index contributed by atoms with van der Waals surface area (Å²) in [5.41, 5.74) is 1.78. The predicted molar refractivity (Wildman–Crippen MR) is 141 cm³/mol. The zero-order valence-corrected chi connectivity index (χ0v) is 22.4. The maximum atomic E-state index is 13.2. The SMILES string of the molecule is COc1ccc(C(CC(C)C)NC(=O)C2CCN(Cc3nc(-c4ccc(Cl)cc4Cl)no3)CC2)cc1. The first-order valence-electron chi connectivity index (χ1n) is 12.3. The highest BCUT2D eigenvalue weighted by molar-refractivity contribution is 6.36. The largest absolute Gasteiger partial charge is 0.497 e. The first kappa shape index (κ1) is 26.5. The van der Waals surface area contributed by atoms with E-state index in [-0.39, 0.29) is 17.9 Å². The molecule has 2 aromatic carbocycles. The quantitative estimate of drug-likeness (QED) is 0.356. The maximum absolute atomic E-state index is 13.2. The summed E-state index contributed by atoms with van der Waals surface area (Å²) in [4.78, 5) is 19.9.